The van der Waals surface area contributed by atoms with Crippen LogP contribution in [0.4, 0.5) is 0 Å². The number of Topliss-reactive ketones (excluding diaryl/α,β-unsaturated/α-hetero) is 1. The summed E-state index contributed by atoms with van der Waals surface area (Å²) in [5.41, 5.74) is 0.160. The van der Waals surface area contributed by atoms with Gasteiger partial charge in [0, 0.05) is 5.92 Å². The lowest BCUT2D eigenvalue weighted by Crippen LogP contribution is -2.35. The van der Waals surface area contributed by atoms with Gasteiger partial charge in [0.2, 0.25) is 0 Å². The molecule has 1 aliphatic carbocycles. The average molecular weight is 165 g/mol. The van der Waals surface area contributed by atoms with E-state index >= 15 is 0 Å². The van der Waals surface area contributed by atoms with E-state index in [0.717, 1.165) is 12.8 Å². The maximum atomic E-state index is 11.4. The second-order valence-electron chi connectivity index (χ2n) is 4.56. The van der Waals surface area contributed by atoms with Crippen molar-refractivity contribution in [2.75, 3.05) is 0 Å². The van der Waals surface area contributed by atoms with Crippen molar-refractivity contribution in [3.05, 3.63) is 0 Å². The summed E-state index contributed by atoms with van der Waals surface area (Å²) < 4.78 is 0. The third-order valence-corrected chi connectivity index (χ3v) is 2.60. The monoisotopic (exact) mass is 165 g/mol. The molecule has 0 aromatic rings. The molecule has 12 heavy (non-hydrogen) atoms. The van der Waals surface area contributed by atoms with E-state index in [2.05, 4.69) is 19.9 Å². The van der Waals surface area contributed by atoms with Gasteiger partial charge in [-0.25, -0.2) is 0 Å². The van der Waals surface area contributed by atoms with Gasteiger partial charge in [0.15, 0.2) is 5.78 Å². The summed E-state index contributed by atoms with van der Waals surface area (Å²) in [4.78, 5) is 11.4. The summed E-state index contributed by atoms with van der Waals surface area (Å²) in [6.45, 7) is 6.17. The number of hydrogen-bond acceptors (Lipinski definition) is 2. The highest BCUT2D eigenvalue weighted by Crippen LogP contribution is 2.39. The van der Waals surface area contributed by atoms with Crippen molar-refractivity contribution in [3.8, 4) is 6.07 Å². The van der Waals surface area contributed by atoms with Crippen LogP contribution in [0.15, 0.2) is 0 Å². The Labute approximate surface area is 73.6 Å². The van der Waals surface area contributed by atoms with Crippen molar-refractivity contribution in [1.29, 1.82) is 5.26 Å². The maximum Gasteiger partial charge on any atom is 0.152 e. The Balaban J connectivity index is 2.80. The minimum atomic E-state index is -0.358. The SMILES string of the molecule is CC1CC(C)(C)CC(C#N)C1=O. The minimum Gasteiger partial charge on any atom is -0.298 e. The van der Waals surface area contributed by atoms with E-state index in [1.165, 1.54) is 0 Å². The molecule has 0 aliphatic heterocycles. The third kappa shape index (κ3) is 1.66. The van der Waals surface area contributed by atoms with Gasteiger partial charge in [-0.2, -0.15) is 5.26 Å². The zero-order valence-electron chi connectivity index (χ0n) is 7.92. The summed E-state index contributed by atoms with van der Waals surface area (Å²) in [6, 6.07) is 2.09. The van der Waals surface area contributed by atoms with Crippen molar-refractivity contribution < 1.29 is 4.79 Å². The quantitative estimate of drug-likeness (QED) is 0.551. The first-order valence-corrected chi connectivity index (χ1v) is 4.39. The van der Waals surface area contributed by atoms with Crippen LogP contribution in [0.3, 0.4) is 0 Å². The van der Waals surface area contributed by atoms with Gasteiger partial charge < -0.3 is 0 Å². The first-order valence-electron chi connectivity index (χ1n) is 4.39. The van der Waals surface area contributed by atoms with Crippen LogP contribution in [-0.4, -0.2) is 5.78 Å². The van der Waals surface area contributed by atoms with Gasteiger partial charge >= 0.3 is 0 Å². The van der Waals surface area contributed by atoms with Gasteiger partial charge in [0.25, 0.3) is 0 Å². The Bertz CT molecular complexity index is 237. The van der Waals surface area contributed by atoms with E-state index in [4.69, 9.17) is 5.26 Å². The predicted octanol–water partition coefficient (Wildman–Crippen LogP) is 2.15. The first-order chi connectivity index (χ1) is 5.46. The fraction of sp³-hybridized carbons (Fsp3) is 0.800. The number of ketones is 1. The first kappa shape index (κ1) is 9.25. The van der Waals surface area contributed by atoms with Crippen LogP contribution < -0.4 is 0 Å². The molecule has 66 valence electrons. The van der Waals surface area contributed by atoms with Crippen molar-refractivity contribution >= 4 is 5.78 Å². The highest BCUT2D eigenvalue weighted by Gasteiger charge is 2.38. The Morgan fingerprint density at radius 2 is 2.08 bits per heavy atom. The molecule has 0 saturated heterocycles. The number of rotatable bonds is 0. The number of carbonyl (C=O) groups excluding carboxylic acids is 1. The molecule has 2 atom stereocenters. The summed E-state index contributed by atoms with van der Waals surface area (Å²) in [6.07, 6.45) is 1.65. The Hall–Kier alpha value is -0.840. The molecule has 1 rings (SSSR count). The number of hydrogen-bond donors (Lipinski definition) is 0. The van der Waals surface area contributed by atoms with Crippen LogP contribution in [0.25, 0.3) is 0 Å². The lowest BCUT2D eigenvalue weighted by Gasteiger charge is -2.35. The molecule has 0 aromatic heterocycles. The number of nitriles is 1. The maximum absolute atomic E-state index is 11.4. The van der Waals surface area contributed by atoms with Crippen molar-refractivity contribution in [3.63, 3.8) is 0 Å². The molecule has 2 nitrogen and oxygen atoms in total. The van der Waals surface area contributed by atoms with Gasteiger partial charge in [0.05, 0.1) is 6.07 Å². The minimum absolute atomic E-state index is 0.0680. The molecular weight excluding hydrogens is 150 g/mol. The van der Waals surface area contributed by atoms with Crippen LogP contribution in [0.5, 0.6) is 0 Å². The van der Waals surface area contributed by atoms with E-state index in [0.29, 0.717) is 0 Å². The van der Waals surface area contributed by atoms with Gasteiger partial charge in [0.1, 0.15) is 5.92 Å². The highest BCUT2D eigenvalue weighted by atomic mass is 16.1. The zero-order valence-corrected chi connectivity index (χ0v) is 7.92. The van der Waals surface area contributed by atoms with Crippen LogP contribution in [0.1, 0.15) is 33.6 Å². The lowest BCUT2D eigenvalue weighted by atomic mass is 9.68. The topological polar surface area (TPSA) is 40.9 Å². The van der Waals surface area contributed by atoms with Crippen LogP contribution >= 0.6 is 0 Å². The van der Waals surface area contributed by atoms with E-state index in [9.17, 15) is 4.79 Å². The number of nitrogens with zero attached hydrogens (tertiary/aromatic N) is 1. The Morgan fingerprint density at radius 3 is 2.58 bits per heavy atom. The summed E-state index contributed by atoms with van der Waals surface area (Å²) in [7, 11) is 0. The predicted molar refractivity (Wildman–Crippen MR) is 46.3 cm³/mol. The fourth-order valence-electron chi connectivity index (χ4n) is 2.12. The van der Waals surface area contributed by atoms with E-state index in [-0.39, 0.29) is 23.0 Å². The van der Waals surface area contributed by atoms with Crippen LogP contribution in [0.2, 0.25) is 0 Å². The Kier molecular flexibility index (Phi) is 2.23. The molecule has 0 heterocycles. The van der Waals surface area contributed by atoms with E-state index in [1.807, 2.05) is 6.92 Å². The molecule has 1 fully saturated rings. The van der Waals surface area contributed by atoms with Gasteiger partial charge in [-0.15, -0.1) is 0 Å². The molecule has 0 bridgehead atoms. The fourth-order valence-corrected chi connectivity index (χ4v) is 2.12. The molecule has 0 radical (unpaired) electrons. The summed E-state index contributed by atoms with van der Waals surface area (Å²) in [5.74, 6) is -0.154. The molecule has 2 unspecified atom stereocenters. The third-order valence-electron chi connectivity index (χ3n) is 2.60. The molecule has 0 N–H and O–H groups in total. The standard InChI is InChI=1S/C10H15NO/c1-7-4-10(2,3)5-8(6-11)9(7)12/h7-8H,4-5H2,1-3H3. The second kappa shape index (κ2) is 2.90. The van der Waals surface area contributed by atoms with Crippen LogP contribution in [-0.2, 0) is 4.79 Å². The number of carbonyl (C=O) groups is 1. The molecule has 1 saturated carbocycles. The molecule has 0 spiro atoms. The molecular formula is C10H15NO. The molecule has 0 amide bonds. The van der Waals surface area contributed by atoms with Crippen molar-refractivity contribution in [2.24, 2.45) is 17.3 Å². The smallest absolute Gasteiger partial charge is 0.152 e. The molecule has 1 aliphatic rings. The molecule has 2 heteroatoms. The largest absolute Gasteiger partial charge is 0.298 e. The second-order valence-corrected chi connectivity index (χ2v) is 4.56. The summed E-state index contributed by atoms with van der Waals surface area (Å²) >= 11 is 0. The van der Waals surface area contributed by atoms with E-state index < -0.39 is 0 Å². The summed E-state index contributed by atoms with van der Waals surface area (Å²) in [5, 5.41) is 8.74. The zero-order chi connectivity index (χ0) is 9.35. The van der Waals surface area contributed by atoms with Gasteiger partial charge in [-0.3, -0.25) is 4.79 Å². The van der Waals surface area contributed by atoms with Crippen LogP contribution in [0, 0.1) is 28.6 Å². The average Bonchev–Trinajstić information content (AvgIpc) is 1.96. The Morgan fingerprint density at radius 1 is 1.50 bits per heavy atom. The van der Waals surface area contributed by atoms with Gasteiger partial charge in [-0.1, -0.05) is 20.8 Å². The normalized spacial score (nSPS) is 34.3. The molecule has 0 aromatic carbocycles. The van der Waals surface area contributed by atoms with Crippen molar-refractivity contribution in [2.45, 2.75) is 33.6 Å². The van der Waals surface area contributed by atoms with E-state index in [1.54, 1.807) is 0 Å². The van der Waals surface area contributed by atoms with Crippen molar-refractivity contribution in [1.82, 2.24) is 0 Å². The van der Waals surface area contributed by atoms with Gasteiger partial charge in [-0.05, 0) is 18.3 Å². The lowest BCUT2D eigenvalue weighted by molar-refractivity contribution is -0.129. The highest BCUT2D eigenvalue weighted by molar-refractivity contribution is 5.86.